The molecule has 2 aromatic rings. The van der Waals surface area contributed by atoms with Crippen molar-refractivity contribution in [3.05, 3.63) is 48.5 Å². The molecule has 0 aliphatic carbocycles. The number of para-hydroxylation sites is 1. The van der Waals surface area contributed by atoms with E-state index in [1.807, 2.05) is 6.92 Å². The van der Waals surface area contributed by atoms with Gasteiger partial charge in [0.25, 0.3) is 0 Å². The molecule has 0 aromatic heterocycles. The standard InChI is InChI=1S/C21H21F3N2O3S/c1-2-29-16-9-7-15(8-10-16)26-12-14(11-19(26)27)20(28)25-17-5-3-4-6-18(17)30-13-21(22,23)24/h3-10,14H,2,11-13H2,1H3,(H,25,28). The Bertz CT molecular complexity index is 903. The number of alkyl halides is 3. The first-order chi connectivity index (χ1) is 14.3. The van der Waals surface area contributed by atoms with Gasteiger partial charge < -0.3 is 15.0 Å². The fraction of sp³-hybridized carbons (Fsp3) is 0.333. The molecule has 30 heavy (non-hydrogen) atoms. The van der Waals surface area contributed by atoms with E-state index in [1.54, 1.807) is 42.5 Å². The number of ether oxygens (including phenoxy) is 1. The van der Waals surface area contributed by atoms with Crippen molar-refractivity contribution in [2.24, 2.45) is 5.92 Å². The van der Waals surface area contributed by atoms with Gasteiger partial charge in [0.1, 0.15) is 5.75 Å². The third kappa shape index (κ3) is 5.69. The predicted octanol–water partition coefficient (Wildman–Crippen LogP) is 4.73. The van der Waals surface area contributed by atoms with Gasteiger partial charge in [-0.05, 0) is 43.3 Å². The summed E-state index contributed by atoms with van der Waals surface area (Å²) in [5, 5.41) is 2.68. The Morgan fingerprint density at radius 3 is 2.57 bits per heavy atom. The molecule has 3 rings (SSSR count). The van der Waals surface area contributed by atoms with E-state index in [4.69, 9.17) is 4.74 Å². The van der Waals surface area contributed by atoms with Crippen LogP contribution < -0.4 is 15.0 Å². The molecule has 1 aliphatic heterocycles. The number of nitrogens with one attached hydrogen (secondary N) is 1. The average Bonchev–Trinajstić information content (AvgIpc) is 3.09. The highest BCUT2D eigenvalue weighted by Gasteiger charge is 2.35. The van der Waals surface area contributed by atoms with Crippen molar-refractivity contribution >= 4 is 35.0 Å². The van der Waals surface area contributed by atoms with Crippen molar-refractivity contribution in [1.82, 2.24) is 0 Å². The fourth-order valence-electron chi connectivity index (χ4n) is 3.11. The van der Waals surface area contributed by atoms with E-state index in [-0.39, 0.29) is 18.9 Å². The third-order valence-corrected chi connectivity index (χ3v) is 5.63. The second-order valence-electron chi connectivity index (χ2n) is 6.72. The van der Waals surface area contributed by atoms with Gasteiger partial charge in [-0.15, -0.1) is 11.8 Å². The first-order valence-corrected chi connectivity index (χ1v) is 10.4. The number of hydrogen-bond donors (Lipinski definition) is 1. The van der Waals surface area contributed by atoms with Crippen LogP contribution >= 0.6 is 11.8 Å². The van der Waals surface area contributed by atoms with E-state index in [0.29, 0.717) is 40.4 Å². The Balaban J connectivity index is 1.65. The maximum atomic E-state index is 12.7. The molecule has 0 bridgehead atoms. The summed E-state index contributed by atoms with van der Waals surface area (Å²) in [7, 11) is 0. The Kier molecular flexibility index (Phi) is 6.91. The lowest BCUT2D eigenvalue weighted by atomic mass is 10.1. The van der Waals surface area contributed by atoms with Crippen LogP contribution in [0.1, 0.15) is 13.3 Å². The quantitative estimate of drug-likeness (QED) is 0.635. The van der Waals surface area contributed by atoms with Crippen LogP contribution in [0.15, 0.2) is 53.4 Å². The van der Waals surface area contributed by atoms with Crippen molar-refractivity contribution in [2.45, 2.75) is 24.4 Å². The fourth-order valence-corrected chi connectivity index (χ4v) is 3.88. The van der Waals surface area contributed by atoms with Crippen molar-refractivity contribution in [2.75, 3.05) is 29.1 Å². The lowest BCUT2D eigenvalue weighted by molar-refractivity contribution is -0.122. The van der Waals surface area contributed by atoms with Crippen molar-refractivity contribution < 1.29 is 27.5 Å². The highest BCUT2D eigenvalue weighted by molar-refractivity contribution is 7.99. The molecule has 1 heterocycles. The molecule has 1 atom stereocenters. The van der Waals surface area contributed by atoms with Gasteiger partial charge in [-0.25, -0.2) is 0 Å². The number of thioether (sulfide) groups is 1. The minimum Gasteiger partial charge on any atom is -0.494 e. The zero-order valence-corrected chi connectivity index (χ0v) is 17.1. The number of nitrogens with zero attached hydrogens (tertiary/aromatic N) is 1. The molecule has 0 radical (unpaired) electrons. The minimum atomic E-state index is -4.31. The summed E-state index contributed by atoms with van der Waals surface area (Å²) in [4.78, 5) is 27.0. The lowest BCUT2D eigenvalue weighted by Gasteiger charge is -2.18. The minimum absolute atomic E-state index is 0.0386. The summed E-state index contributed by atoms with van der Waals surface area (Å²) < 4.78 is 43.0. The van der Waals surface area contributed by atoms with Gasteiger partial charge in [-0.2, -0.15) is 13.2 Å². The monoisotopic (exact) mass is 438 g/mol. The number of anilines is 2. The summed E-state index contributed by atoms with van der Waals surface area (Å²) in [6.07, 6.45) is -4.27. The van der Waals surface area contributed by atoms with Crippen molar-refractivity contribution in [1.29, 1.82) is 0 Å². The summed E-state index contributed by atoms with van der Waals surface area (Å²) in [6.45, 7) is 2.62. The van der Waals surface area contributed by atoms with Gasteiger partial charge in [0.15, 0.2) is 0 Å². The second-order valence-corrected chi connectivity index (χ2v) is 7.74. The molecular weight excluding hydrogens is 417 g/mol. The van der Waals surface area contributed by atoms with E-state index >= 15 is 0 Å². The number of carbonyl (C=O) groups excluding carboxylic acids is 2. The Labute approximate surface area is 176 Å². The number of amides is 2. The Morgan fingerprint density at radius 2 is 1.90 bits per heavy atom. The molecule has 1 saturated heterocycles. The second kappa shape index (κ2) is 9.42. The van der Waals surface area contributed by atoms with Crippen LogP contribution in [0, 0.1) is 5.92 Å². The lowest BCUT2D eigenvalue weighted by Crippen LogP contribution is -2.28. The summed E-state index contributed by atoms with van der Waals surface area (Å²) in [5.41, 5.74) is 0.976. The SMILES string of the molecule is CCOc1ccc(N2CC(C(=O)Nc3ccccc3SCC(F)(F)F)CC2=O)cc1. The number of rotatable bonds is 7. The van der Waals surface area contributed by atoms with Crippen LogP contribution in [0.3, 0.4) is 0 Å². The summed E-state index contributed by atoms with van der Waals surface area (Å²) in [6, 6.07) is 13.4. The van der Waals surface area contributed by atoms with Crippen molar-refractivity contribution in [3.63, 3.8) is 0 Å². The average molecular weight is 438 g/mol. The van der Waals surface area contributed by atoms with Crippen LogP contribution in [-0.4, -0.2) is 36.9 Å². The summed E-state index contributed by atoms with van der Waals surface area (Å²) in [5.74, 6) is -1.52. The molecule has 0 spiro atoms. The van der Waals surface area contributed by atoms with E-state index in [1.165, 1.54) is 11.0 Å². The highest BCUT2D eigenvalue weighted by atomic mass is 32.2. The Morgan fingerprint density at radius 1 is 1.20 bits per heavy atom. The van der Waals surface area contributed by atoms with E-state index in [0.717, 1.165) is 0 Å². The van der Waals surface area contributed by atoms with Gasteiger partial charge in [0.05, 0.1) is 24.0 Å². The first kappa shape index (κ1) is 22.0. The molecule has 1 N–H and O–H groups in total. The molecule has 1 unspecified atom stereocenters. The van der Waals surface area contributed by atoms with Gasteiger partial charge in [0, 0.05) is 23.5 Å². The zero-order valence-electron chi connectivity index (χ0n) is 16.2. The molecule has 2 aromatic carbocycles. The topological polar surface area (TPSA) is 58.6 Å². The predicted molar refractivity (Wildman–Crippen MR) is 110 cm³/mol. The van der Waals surface area contributed by atoms with Crippen LogP contribution in [-0.2, 0) is 9.59 Å². The first-order valence-electron chi connectivity index (χ1n) is 9.39. The van der Waals surface area contributed by atoms with Gasteiger partial charge in [-0.3, -0.25) is 9.59 Å². The molecule has 1 aliphatic rings. The van der Waals surface area contributed by atoms with Gasteiger partial charge in [-0.1, -0.05) is 12.1 Å². The van der Waals surface area contributed by atoms with E-state index < -0.39 is 23.8 Å². The number of hydrogen-bond acceptors (Lipinski definition) is 4. The molecule has 1 fully saturated rings. The van der Waals surface area contributed by atoms with Crippen LogP contribution in [0.4, 0.5) is 24.5 Å². The largest absolute Gasteiger partial charge is 0.494 e. The van der Waals surface area contributed by atoms with Gasteiger partial charge in [0.2, 0.25) is 11.8 Å². The van der Waals surface area contributed by atoms with Gasteiger partial charge >= 0.3 is 6.18 Å². The highest BCUT2D eigenvalue weighted by Crippen LogP contribution is 2.33. The van der Waals surface area contributed by atoms with E-state index in [9.17, 15) is 22.8 Å². The number of halogens is 3. The smallest absolute Gasteiger partial charge is 0.398 e. The van der Waals surface area contributed by atoms with Crippen LogP contribution in [0.5, 0.6) is 5.75 Å². The molecule has 0 saturated carbocycles. The summed E-state index contributed by atoms with van der Waals surface area (Å²) >= 11 is 0.613. The number of carbonyl (C=O) groups is 2. The van der Waals surface area contributed by atoms with Crippen LogP contribution in [0.2, 0.25) is 0 Å². The van der Waals surface area contributed by atoms with Crippen LogP contribution in [0.25, 0.3) is 0 Å². The normalized spacial score (nSPS) is 16.6. The third-order valence-electron chi connectivity index (χ3n) is 4.49. The van der Waals surface area contributed by atoms with E-state index in [2.05, 4.69) is 5.32 Å². The maximum absolute atomic E-state index is 12.7. The zero-order chi connectivity index (χ0) is 21.7. The maximum Gasteiger partial charge on any atom is 0.398 e. The molecule has 2 amide bonds. The molecule has 5 nitrogen and oxygen atoms in total. The molecule has 160 valence electrons. The Hall–Kier alpha value is -2.68. The number of benzene rings is 2. The molecule has 9 heteroatoms. The van der Waals surface area contributed by atoms with Crippen molar-refractivity contribution in [3.8, 4) is 5.75 Å². The molecular formula is C21H21F3N2O3S.